The van der Waals surface area contributed by atoms with Crippen molar-refractivity contribution in [1.29, 1.82) is 0 Å². The molecule has 0 bridgehead atoms. The fraction of sp³-hybridized carbons (Fsp3) is 0.786. The van der Waals surface area contributed by atoms with Crippen LogP contribution in [0.4, 0.5) is 4.79 Å². The Hall–Kier alpha value is -1.79. The summed E-state index contributed by atoms with van der Waals surface area (Å²) in [7, 11) is 0. The highest BCUT2D eigenvalue weighted by Gasteiger charge is 2.28. The topological polar surface area (TPSA) is 108 Å². The quantitative estimate of drug-likeness (QED) is 0.561. The summed E-state index contributed by atoms with van der Waals surface area (Å²) in [5.74, 6) is -0.919. The zero-order chi connectivity index (χ0) is 16.6. The van der Waals surface area contributed by atoms with Crippen molar-refractivity contribution >= 4 is 17.9 Å². The van der Waals surface area contributed by atoms with E-state index < -0.39 is 23.5 Å². The lowest BCUT2D eigenvalue weighted by Gasteiger charge is -2.30. The number of amides is 3. The zero-order valence-corrected chi connectivity index (χ0v) is 13.4. The summed E-state index contributed by atoms with van der Waals surface area (Å²) in [4.78, 5) is 34.0. The molecule has 0 aromatic carbocycles. The van der Waals surface area contributed by atoms with Crippen LogP contribution in [0, 0.1) is 11.3 Å². The van der Waals surface area contributed by atoms with Crippen LogP contribution in [-0.2, 0) is 9.59 Å². The lowest BCUT2D eigenvalue weighted by molar-refractivity contribution is -0.138. The van der Waals surface area contributed by atoms with E-state index in [2.05, 4.69) is 16.0 Å². The summed E-state index contributed by atoms with van der Waals surface area (Å²) >= 11 is 0. The fourth-order valence-electron chi connectivity index (χ4n) is 1.50. The van der Waals surface area contributed by atoms with Crippen LogP contribution < -0.4 is 16.0 Å². The molecule has 122 valence electrons. The lowest BCUT2D eigenvalue weighted by atomic mass is 9.85. The van der Waals surface area contributed by atoms with Crippen molar-refractivity contribution < 1.29 is 19.5 Å². The normalized spacial score (nSPS) is 12.7. The second-order valence-electron chi connectivity index (χ2n) is 6.54. The summed E-state index contributed by atoms with van der Waals surface area (Å²) in [6, 6.07) is -1.07. The number of carbonyl (C=O) groups is 3. The number of carboxylic acid groups (broad SMARTS) is 1. The van der Waals surface area contributed by atoms with E-state index in [4.69, 9.17) is 5.11 Å². The monoisotopic (exact) mass is 301 g/mol. The lowest BCUT2D eigenvalue weighted by Crippen LogP contribution is -2.50. The number of carbonyl (C=O) groups excluding carboxylic acids is 2. The summed E-state index contributed by atoms with van der Waals surface area (Å²) in [5.41, 5.74) is -0.393. The molecular formula is C14H27N3O4. The number of rotatable bonds is 7. The number of hydrogen-bond acceptors (Lipinski definition) is 3. The van der Waals surface area contributed by atoms with Gasteiger partial charge >= 0.3 is 12.0 Å². The average Bonchev–Trinajstić information content (AvgIpc) is 2.31. The van der Waals surface area contributed by atoms with Crippen LogP contribution >= 0.6 is 0 Å². The minimum absolute atomic E-state index is 0.136. The van der Waals surface area contributed by atoms with Gasteiger partial charge in [0.2, 0.25) is 5.91 Å². The molecule has 4 N–H and O–H groups in total. The van der Waals surface area contributed by atoms with Gasteiger partial charge in [-0.3, -0.25) is 9.59 Å². The van der Waals surface area contributed by atoms with Gasteiger partial charge in [0.1, 0.15) is 0 Å². The number of aliphatic carboxylic acids is 1. The maximum absolute atomic E-state index is 11.7. The summed E-state index contributed by atoms with van der Waals surface area (Å²) < 4.78 is 0. The van der Waals surface area contributed by atoms with E-state index in [1.54, 1.807) is 0 Å². The van der Waals surface area contributed by atoms with Crippen LogP contribution in [0.3, 0.4) is 0 Å². The number of hydrogen-bond donors (Lipinski definition) is 4. The molecule has 0 aliphatic rings. The summed E-state index contributed by atoms with van der Waals surface area (Å²) in [6.07, 6.45) is -0.170. The number of carboxylic acids is 1. The smallest absolute Gasteiger partial charge is 0.315 e. The first-order chi connectivity index (χ1) is 9.52. The molecule has 7 nitrogen and oxygen atoms in total. The minimum atomic E-state index is -0.982. The van der Waals surface area contributed by atoms with Crippen LogP contribution in [0.5, 0.6) is 0 Å². The van der Waals surface area contributed by atoms with E-state index in [1.165, 1.54) is 0 Å². The van der Waals surface area contributed by atoms with Crippen LogP contribution in [0.2, 0.25) is 0 Å². The van der Waals surface area contributed by atoms with Crippen molar-refractivity contribution in [3.8, 4) is 0 Å². The van der Waals surface area contributed by atoms with Crippen LogP contribution in [0.15, 0.2) is 0 Å². The second kappa shape index (κ2) is 8.49. The third kappa shape index (κ3) is 9.70. The van der Waals surface area contributed by atoms with Gasteiger partial charge in [-0.1, -0.05) is 34.6 Å². The van der Waals surface area contributed by atoms with Crippen LogP contribution in [0.1, 0.15) is 41.0 Å². The first-order valence-corrected chi connectivity index (χ1v) is 7.05. The van der Waals surface area contributed by atoms with Gasteiger partial charge in [0.15, 0.2) is 0 Å². The molecule has 0 aromatic rings. The highest BCUT2D eigenvalue weighted by atomic mass is 16.4. The molecule has 0 aliphatic heterocycles. The second-order valence-corrected chi connectivity index (χ2v) is 6.54. The number of urea groups is 1. The van der Waals surface area contributed by atoms with Crippen molar-refractivity contribution in [2.75, 3.05) is 13.1 Å². The van der Waals surface area contributed by atoms with Crippen molar-refractivity contribution in [2.24, 2.45) is 11.3 Å². The van der Waals surface area contributed by atoms with E-state index in [-0.39, 0.29) is 18.9 Å². The highest BCUT2D eigenvalue weighted by molar-refractivity contribution is 5.84. The number of nitrogens with one attached hydrogen (secondary N) is 3. The molecule has 0 spiro atoms. The van der Waals surface area contributed by atoms with Gasteiger partial charge in [-0.15, -0.1) is 0 Å². The van der Waals surface area contributed by atoms with Gasteiger partial charge in [-0.25, -0.2) is 4.79 Å². The minimum Gasteiger partial charge on any atom is -0.481 e. The fourth-order valence-corrected chi connectivity index (χ4v) is 1.50. The first kappa shape index (κ1) is 19.2. The third-order valence-electron chi connectivity index (χ3n) is 2.85. The highest BCUT2D eigenvalue weighted by Crippen LogP contribution is 2.21. The Morgan fingerprint density at radius 2 is 1.67 bits per heavy atom. The average molecular weight is 301 g/mol. The van der Waals surface area contributed by atoms with Crippen molar-refractivity contribution in [2.45, 2.75) is 47.1 Å². The Morgan fingerprint density at radius 1 is 1.10 bits per heavy atom. The summed E-state index contributed by atoms with van der Waals surface area (Å²) in [6.45, 7) is 9.89. The molecular weight excluding hydrogens is 274 g/mol. The SMILES string of the molecule is CC(C)CNC(=O)CNC(=O)NC(CC(=O)O)C(C)(C)C. The molecule has 7 heteroatoms. The van der Waals surface area contributed by atoms with E-state index in [1.807, 2.05) is 34.6 Å². The largest absolute Gasteiger partial charge is 0.481 e. The van der Waals surface area contributed by atoms with Crippen LogP contribution in [0.25, 0.3) is 0 Å². The Labute approximate surface area is 125 Å². The van der Waals surface area contributed by atoms with Crippen molar-refractivity contribution in [3.63, 3.8) is 0 Å². The molecule has 1 unspecified atom stereocenters. The van der Waals surface area contributed by atoms with E-state index in [0.717, 1.165) is 0 Å². The van der Waals surface area contributed by atoms with E-state index in [0.29, 0.717) is 12.5 Å². The van der Waals surface area contributed by atoms with Gasteiger partial charge in [0.05, 0.1) is 13.0 Å². The molecule has 0 heterocycles. The molecule has 0 saturated carbocycles. The molecule has 0 fully saturated rings. The maximum atomic E-state index is 11.7. The van der Waals surface area contributed by atoms with Crippen molar-refractivity contribution in [1.82, 2.24) is 16.0 Å². The molecule has 1 atom stereocenters. The third-order valence-corrected chi connectivity index (χ3v) is 2.85. The van der Waals surface area contributed by atoms with Gasteiger partial charge in [0, 0.05) is 12.6 Å². The zero-order valence-electron chi connectivity index (χ0n) is 13.4. The standard InChI is InChI=1S/C14H27N3O4/c1-9(2)7-15-11(18)8-16-13(21)17-10(6-12(19)20)14(3,4)5/h9-10H,6-8H2,1-5H3,(H,15,18)(H,19,20)(H2,16,17,21). The Morgan fingerprint density at radius 3 is 2.10 bits per heavy atom. The molecule has 3 amide bonds. The molecule has 21 heavy (non-hydrogen) atoms. The molecule has 0 aromatic heterocycles. The summed E-state index contributed by atoms with van der Waals surface area (Å²) in [5, 5.41) is 16.6. The molecule has 0 aliphatic carbocycles. The predicted molar refractivity (Wildman–Crippen MR) is 79.9 cm³/mol. The Kier molecular flexibility index (Phi) is 7.76. The Bertz CT molecular complexity index is 375. The first-order valence-electron chi connectivity index (χ1n) is 7.05. The molecule has 0 radical (unpaired) electrons. The Balaban J connectivity index is 4.26. The van der Waals surface area contributed by atoms with Crippen molar-refractivity contribution in [3.05, 3.63) is 0 Å². The van der Waals surface area contributed by atoms with Gasteiger partial charge in [-0.2, -0.15) is 0 Å². The predicted octanol–water partition coefficient (Wildman–Crippen LogP) is 0.947. The maximum Gasteiger partial charge on any atom is 0.315 e. The van der Waals surface area contributed by atoms with E-state index in [9.17, 15) is 14.4 Å². The van der Waals surface area contributed by atoms with Gasteiger partial charge < -0.3 is 21.1 Å². The van der Waals surface area contributed by atoms with E-state index >= 15 is 0 Å². The molecule has 0 rings (SSSR count). The van der Waals surface area contributed by atoms with Crippen LogP contribution in [-0.4, -0.2) is 42.1 Å². The van der Waals surface area contributed by atoms with Gasteiger partial charge in [0.25, 0.3) is 0 Å². The van der Waals surface area contributed by atoms with Gasteiger partial charge in [-0.05, 0) is 11.3 Å². The molecule has 0 saturated heterocycles.